The molecule has 0 aliphatic carbocycles. The first-order chi connectivity index (χ1) is 7.31. The summed E-state index contributed by atoms with van der Waals surface area (Å²) in [6, 6.07) is 0.527. The minimum atomic E-state index is 0.527. The average molecular weight is 215 g/mol. The van der Waals surface area contributed by atoms with Gasteiger partial charge in [-0.15, -0.1) is 0 Å². The molecule has 1 atom stereocenters. The van der Waals surface area contributed by atoms with Crippen molar-refractivity contribution in [2.45, 2.75) is 13.0 Å². The van der Waals surface area contributed by atoms with Crippen molar-refractivity contribution in [3.05, 3.63) is 0 Å². The summed E-state index contributed by atoms with van der Waals surface area (Å²) in [5.74, 6) is 0. The Kier molecular flexibility index (Phi) is 6.17. The maximum Gasteiger partial charge on any atom is 0.0630 e. The lowest BCUT2D eigenvalue weighted by molar-refractivity contribution is 0.0519. The molecule has 1 fully saturated rings. The van der Waals surface area contributed by atoms with Crippen molar-refractivity contribution in [2.75, 3.05) is 60.0 Å². The van der Waals surface area contributed by atoms with Crippen LogP contribution in [0, 0.1) is 0 Å². The van der Waals surface area contributed by atoms with E-state index >= 15 is 0 Å². The first-order valence-corrected chi connectivity index (χ1v) is 5.91. The molecule has 1 rings (SSSR count). The molecule has 0 bridgehead atoms. The van der Waals surface area contributed by atoms with E-state index in [4.69, 9.17) is 4.74 Å². The van der Waals surface area contributed by atoms with E-state index in [1.807, 2.05) is 7.05 Å². The molecule has 1 unspecified atom stereocenters. The van der Waals surface area contributed by atoms with Gasteiger partial charge in [-0.2, -0.15) is 0 Å². The lowest BCUT2D eigenvalue weighted by Gasteiger charge is -2.38. The number of nitrogens with zero attached hydrogens (tertiary/aromatic N) is 2. The van der Waals surface area contributed by atoms with Crippen LogP contribution in [-0.2, 0) is 4.74 Å². The molecule has 0 aromatic rings. The highest BCUT2D eigenvalue weighted by molar-refractivity contribution is 4.79. The molecule has 1 aliphatic rings. The predicted octanol–water partition coefficient (Wildman–Crippen LogP) is -0.142. The van der Waals surface area contributed by atoms with Crippen LogP contribution < -0.4 is 5.32 Å². The number of hydrogen-bond donors (Lipinski definition) is 1. The number of rotatable bonds is 6. The fraction of sp³-hybridized carbons (Fsp3) is 1.00. The van der Waals surface area contributed by atoms with E-state index in [-0.39, 0.29) is 0 Å². The van der Waals surface area contributed by atoms with Gasteiger partial charge >= 0.3 is 0 Å². The summed E-state index contributed by atoms with van der Waals surface area (Å²) >= 11 is 0. The minimum absolute atomic E-state index is 0.527. The molecule has 15 heavy (non-hydrogen) atoms. The molecule has 90 valence electrons. The van der Waals surface area contributed by atoms with Gasteiger partial charge in [-0.25, -0.2) is 0 Å². The maximum absolute atomic E-state index is 5.27. The van der Waals surface area contributed by atoms with Crippen molar-refractivity contribution in [3.8, 4) is 0 Å². The van der Waals surface area contributed by atoms with Crippen LogP contribution in [0.3, 0.4) is 0 Å². The maximum atomic E-state index is 5.27. The molecule has 0 aromatic carbocycles. The van der Waals surface area contributed by atoms with Crippen molar-refractivity contribution >= 4 is 0 Å². The van der Waals surface area contributed by atoms with Gasteiger partial charge < -0.3 is 15.0 Å². The Morgan fingerprint density at radius 3 is 2.40 bits per heavy atom. The molecule has 0 saturated carbocycles. The van der Waals surface area contributed by atoms with Crippen molar-refractivity contribution in [1.82, 2.24) is 15.1 Å². The van der Waals surface area contributed by atoms with Crippen LogP contribution in [-0.4, -0.2) is 75.9 Å². The molecule has 0 spiro atoms. The number of methoxy groups -OCH3 is 1. The van der Waals surface area contributed by atoms with Crippen LogP contribution in [0.1, 0.15) is 6.92 Å². The molecule has 4 nitrogen and oxygen atoms in total. The third-order valence-electron chi connectivity index (χ3n) is 3.17. The van der Waals surface area contributed by atoms with E-state index in [1.165, 1.54) is 32.7 Å². The fourth-order valence-corrected chi connectivity index (χ4v) is 2.17. The van der Waals surface area contributed by atoms with E-state index in [9.17, 15) is 0 Å². The number of piperazine rings is 1. The Morgan fingerprint density at radius 2 is 1.93 bits per heavy atom. The zero-order chi connectivity index (χ0) is 11.1. The summed E-state index contributed by atoms with van der Waals surface area (Å²) in [6.45, 7) is 9.98. The van der Waals surface area contributed by atoms with E-state index in [0.29, 0.717) is 6.04 Å². The van der Waals surface area contributed by atoms with Crippen LogP contribution in [0.4, 0.5) is 0 Å². The zero-order valence-electron chi connectivity index (χ0n) is 10.3. The summed E-state index contributed by atoms with van der Waals surface area (Å²) in [6.07, 6.45) is 0. The van der Waals surface area contributed by atoms with Gasteiger partial charge in [0.05, 0.1) is 6.61 Å². The second-order valence-electron chi connectivity index (χ2n) is 4.14. The zero-order valence-corrected chi connectivity index (χ0v) is 10.3. The topological polar surface area (TPSA) is 27.7 Å². The van der Waals surface area contributed by atoms with E-state index in [0.717, 1.165) is 13.2 Å². The highest BCUT2D eigenvalue weighted by Gasteiger charge is 2.22. The standard InChI is InChI=1S/C11H25N3O/c1-4-13-5-7-14(8-6-13)11(9-12-2)10-15-3/h11-12H,4-10H2,1-3H3. The monoisotopic (exact) mass is 215 g/mol. The van der Waals surface area contributed by atoms with Gasteiger partial charge in [0.15, 0.2) is 0 Å². The molecule has 0 amide bonds. The van der Waals surface area contributed by atoms with Crippen LogP contribution in [0.5, 0.6) is 0 Å². The summed E-state index contributed by atoms with van der Waals surface area (Å²) in [5.41, 5.74) is 0. The molecule has 1 heterocycles. The van der Waals surface area contributed by atoms with Gasteiger partial charge in [0.2, 0.25) is 0 Å². The third-order valence-corrected chi connectivity index (χ3v) is 3.17. The summed E-state index contributed by atoms with van der Waals surface area (Å²) in [5, 5.41) is 3.24. The van der Waals surface area contributed by atoms with Gasteiger partial charge in [0.1, 0.15) is 0 Å². The lowest BCUT2D eigenvalue weighted by Crippen LogP contribution is -2.53. The van der Waals surface area contributed by atoms with Gasteiger partial charge in [-0.1, -0.05) is 6.92 Å². The Balaban J connectivity index is 2.34. The first kappa shape index (κ1) is 12.9. The molecule has 0 radical (unpaired) electrons. The van der Waals surface area contributed by atoms with Gasteiger partial charge in [0, 0.05) is 45.9 Å². The molecular formula is C11H25N3O. The Bertz CT molecular complexity index is 152. The molecule has 0 aromatic heterocycles. The molecule has 1 aliphatic heterocycles. The highest BCUT2D eigenvalue weighted by Crippen LogP contribution is 2.06. The van der Waals surface area contributed by atoms with Gasteiger partial charge in [-0.3, -0.25) is 4.90 Å². The quantitative estimate of drug-likeness (QED) is 0.667. The second kappa shape index (κ2) is 7.17. The smallest absolute Gasteiger partial charge is 0.0630 e. The SMILES string of the molecule is CCN1CCN(C(CNC)COC)CC1. The van der Waals surface area contributed by atoms with Gasteiger partial charge in [-0.05, 0) is 13.6 Å². The number of nitrogens with one attached hydrogen (secondary N) is 1. The number of ether oxygens (including phenoxy) is 1. The van der Waals surface area contributed by atoms with Gasteiger partial charge in [0.25, 0.3) is 0 Å². The highest BCUT2D eigenvalue weighted by atomic mass is 16.5. The molecular weight excluding hydrogens is 190 g/mol. The second-order valence-corrected chi connectivity index (χ2v) is 4.14. The predicted molar refractivity (Wildman–Crippen MR) is 63.3 cm³/mol. The van der Waals surface area contributed by atoms with Crippen LogP contribution >= 0.6 is 0 Å². The van der Waals surface area contributed by atoms with Crippen molar-refractivity contribution < 1.29 is 4.74 Å². The Morgan fingerprint density at radius 1 is 1.27 bits per heavy atom. The van der Waals surface area contributed by atoms with E-state index in [2.05, 4.69) is 22.0 Å². The van der Waals surface area contributed by atoms with Crippen LogP contribution in [0.15, 0.2) is 0 Å². The third kappa shape index (κ3) is 4.07. The van der Waals surface area contributed by atoms with E-state index in [1.54, 1.807) is 7.11 Å². The average Bonchev–Trinajstić information content (AvgIpc) is 2.29. The lowest BCUT2D eigenvalue weighted by atomic mass is 10.2. The summed E-state index contributed by atoms with van der Waals surface area (Å²) in [4.78, 5) is 5.03. The largest absolute Gasteiger partial charge is 0.383 e. The summed E-state index contributed by atoms with van der Waals surface area (Å²) in [7, 11) is 3.79. The van der Waals surface area contributed by atoms with Crippen LogP contribution in [0.25, 0.3) is 0 Å². The number of likely N-dealkylation sites (N-methyl/N-ethyl adjacent to an activating group) is 2. The van der Waals surface area contributed by atoms with Crippen molar-refractivity contribution in [2.24, 2.45) is 0 Å². The Hall–Kier alpha value is -0.160. The van der Waals surface area contributed by atoms with Crippen molar-refractivity contribution in [3.63, 3.8) is 0 Å². The van der Waals surface area contributed by atoms with Crippen molar-refractivity contribution in [1.29, 1.82) is 0 Å². The van der Waals surface area contributed by atoms with Crippen LogP contribution in [0.2, 0.25) is 0 Å². The number of hydrogen-bond acceptors (Lipinski definition) is 4. The Labute approximate surface area is 93.6 Å². The minimum Gasteiger partial charge on any atom is -0.383 e. The first-order valence-electron chi connectivity index (χ1n) is 5.91. The molecule has 4 heteroatoms. The van der Waals surface area contributed by atoms with E-state index < -0.39 is 0 Å². The normalized spacial score (nSPS) is 21.8. The molecule has 1 saturated heterocycles. The summed E-state index contributed by atoms with van der Waals surface area (Å²) < 4.78 is 5.27. The fourth-order valence-electron chi connectivity index (χ4n) is 2.17. The molecule has 1 N–H and O–H groups in total.